The molecule has 1 fully saturated rings. The van der Waals surface area contributed by atoms with E-state index in [2.05, 4.69) is 0 Å². The first-order valence-corrected chi connectivity index (χ1v) is 6.34. The van der Waals surface area contributed by atoms with Gasteiger partial charge in [0.05, 0.1) is 11.8 Å². The van der Waals surface area contributed by atoms with Crippen molar-refractivity contribution in [3.63, 3.8) is 0 Å². The third-order valence-electron chi connectivity index (χ3n) is 3.37. The lowest BCUT2D eigenvalue weighted by atomic mass is 9.73. The van der Waals surface area contributed by atoms with Crippen molar-refractivity contribution in [1.29, 1.82) is 0 Å². The predicted octanol–water partition coefficient (Wildman–Crippen LogP) is 2.29. The average molecular weight is 281 g/mol. The number of carboxylic acid groups (broad SMARTS) is 1. The Bertz CT molecular complexity index is 344. The number of unbranched alkanes of at least 4 members (excludes halogenated alkanes) is 1. The standard InChI is InChI=1S/C12H18F3NO3/c1-2-3-6-16(7-12(13,14)15)10(17)8-4-5-9(8)11(18)19/h8-9H,2-7H2,1H3,(H,18,19). The topological polar surface area (TPSA) is 57.6 Å². The number of halogens is 3. The van der Waals surface area contributed by atoms with Crippen LogP contribution in [-0.4, -0.2) is 41.1 Å². The van der Waals surface area contributed by atoms with E-state index in [9.17, 15) is 22.8 Å². The number of rotatable bonds is 6. The summed E-state index contributed by atoms with van der Waals surface area (Å²) in [5.74, 6) is -3.40. The zero-order chi connectivity index (χ0) is 14.6. The molecule has 0 aromatic rings. The maximum Gasteiger partial charge on any atom is 0.406 e. The number of carbonyl (C=O) groups is 2. The largest absolute Gasteiger partial charge is 0.481 e. The maximum absolute atomic E-state index is 12.4. The first-order valence-electron chi connectivity index (χ1n) is 6.34. The fraction of sp³-hybridized carbons (Fsp3) is 0.833. The summed E-state index contributed by atoms with van der Waals surface area (Å²) in [4.78, 5) is 23.6. The molecule has 110 valence electrons. The first kappa shape index (κ1) is 15.8. The molecular weight excluding hydrogens is 263 g/mol. The van der Waals surface area contributed by atoms with Gasteiger partial charge in [-0.2, -0.15) is 13.2 Å². The second-order valence-corrected chi connectivity index (χ2v) is 4.86. The number of hydrogen-bond acceptors (Lipinski definition) is 2. The minimum Gasteiger partial charge on any atom is -0.481 e. The average Bonchev–Trinajstić information content (AvgIpc) is 2.19. The summed E-state index contributed by atoms with van der Waals surface area (Å²) >= 11 is 0. The van der Waals surface area contributed by atoms with Crippen LogP contribution in [0.5, 0.6) is 0 Å². The highest BCUT2D eigenvalue weighted by molar-refractivity contribution is 5.86. The molecule has 0 radical (unpaired) electrons. The molecule has 0 bridgehead atoms. The zero-order valence-electron chi connectivity index (χ0n) is 10.7. The SMILES string of the molecule is CCCCN(CC(F)(F)F)C(=O)C1CCC1C(=O)O. The van der Waals surface area contributed by atoms with Crippen molar-refractivity contribution < 1.29 is 27.9 Å². The summed E-state index contributed by atoms with van der Waals surface area (Å²) in [6.45, 7) is 0.548. The Morgan fingerprint density at radius 3 is 2.21 bits per heavy atom. The number of aliphatic carboxylic acids is 1. The summed E-state index contributed by atoms with van der Waals surface area (Å²) in [6.07, 6.45) is -2.58. The van der Waals surface area contributed by atoms with E-state index >= 15 is 0 Å². The Labute approximate surface area is 109 Å². The van der Waals surface area contributed by atoms with Gasteiger partial charge in [0.15, 0.2) is 0 Å². The predicted molar refractivity (Wildman–Crippen MR) is 61.4 cm³/mol. The third kappa shape index (κ3) is 4.40. The highest BCUT2D eigenvalue weighted by atomic mass is 19.4. The summed E-state index contributed by atoms with van der Waals surface area (Å²) in [5.41, 5.74) is 0. The highest BCUT2D eigenvalue weighted by Crippen LogP contribution is 2.36. The number of alkyl halides is 3. The van der Waals surface area contributed by atoms with E-state index in [1.54, 1.807) is 0 Å². The molecule has 7 heteroatoms. The van der Waals surface area contributed by atoms with Crippen molar-refractivity contribution in [3.8, 4) is 0 Å². The number of carbonyl (C=O) groups excluding carboxylic acids is 1. The molecule has 1 aliphatic rings. The van der Waals surface area contributed by atoms with Crippen molar-refractivity contribution >= 4 is 11.9 Å². The van der Waals surface area contributed by atoms with Crippen molar-refractivity contribution in [2.75, 3.05) is 13.1 Å². The van der Waals surface area contributed by atoms with Gasteiger partial charge in [-0.3, -0.25) is 9.59 Å². The Hall–Kier alpha value is -1.27. The van der Waals surface area contributed by atoms with E-state index in [1.165, 1.54) is 0 Å². The second kappa shape index (κ2) is 6.25. The van der Waals surface area contributed by atoms with Gasteiger partial charge in [-0.05, 0) is 19.3 Å². The molecule has 1 rings (SSSR count). The van der Waals surface area contributed by atoms with E-state index in [0.29, 0.717) is 25.7 Å². The molecule has 4 nitrogen and oxygen atoms in total. The third-order valence-corrected chi connectivity index (χ3v) is 3.37. The molecule has 2 atom stereocenters. The molecule has 2 unspecified atom stereocenters. The van der Waals surface area contributed by atoms with Gasteiger partial charge in [0.1, 0.15) is 6.54 Å². The lowest BCUT2D eigenvalue weighted by molar-refractivity contribution is -0.170. The normalized spacial score (nSPS) is 22.7. The fourth-order valence-corrected chi connectivity index (χ4v) is 2.16. The van der Waals surface area contributed by atoms with Gasteiger partial charge >= 0.3 is 12.1 Å². The molecule has 1 aliphatic carbocycles. The second-order valence-electron chi connectivity index (χ2n) is 4.86. The Balaban J connectivity index is 2.68. The smallest absolute Gasteiger partial charge is 0.406 e. The van der Waals surface area contributed by atoms with Crippen LogP contribution in [0.2, 0.25) is 0 Å². The minimum atomic E-state index is -4.45. The van der Waals surface area contributed by atoms with Crippen molar-refractivity contribution in [1.82, 2.24) is 4.90 Å². The number of amides is 1. The summed E-state index contributed by atoms with van der Waals surface area (Å²) < 4.78 is 37.3. The summed E-state index contributed by atoms with van der Waals surface area (Å²) in [5, 5.41) is 8.85. The van der Waals surface area contributed by atoms with Crippen LogP contribution in [0.1, 0.15) is 32.6 Å². The lowest BCUT2D eigenvalue weighted by Crippen LogP contribution is -2.49. The van der Waals surface area contributed by atoms with E-state index in [-0.39, 0.29) is 6.54 Å². The van der Waals surface area contributed by atoms with E-state index in [4.69, 9.17) is 5.11 Å². The zero-order valence-corrected chi connectivity index (χ0v) is 10.7. The van der Waals surface area contributed by atoms with E-state index in [0.717, 1.165) is 4.90 Å². The van der Waals surface area contributed by atoms with Crippen LogP contribution in [0.3, 0.4) is 0 Å². The molecule has 0 aliphatic heterocycles. The van der Waals surface area contributed by atoms with Gasteiger partial charge in [-0.15, -0.1) is 0 Å². The van der Waals surface area contributed by atoms with Gasteiger partial charge in [-0.25, -0.2) is 0 Å². The molecule has 0 aromatic heterocycles. The van der Waals surface area contributed by atoms with E-state index in [1.807, 2.05) is 6.92 Å². The number of nitrogens with zero attached hydrogens (tertiary/aromatic N) is 1. The molecule has 1 amide bonds. The van der Waals surface area contributed by atoms with Gasteiger partial charge in [0.25, 0.3) is 0 Å². The Morgan fingerprint density at radius 1 is 1.26 bits per heavy atom. The summed E-state index contributed by atoms with van der Waals surface area (Å²) in [7, 11) is 0. The van der Waals surface area contributed by atoms with Gasteiger partial charge < -0.3 is 10.0 Å². The van der Waals surface area contributed by atoms with Crippen LogP contribution in [0.15, 0.2) is 0 Å². The maximum atomic E-state index is 12.4. The van der Waals surface area contributed by atoms with Crippen LogP contribution < -0.4 is 0 Å². The summed E-state index contributed by atoms with van der Waals surface area (Å²) in [6, 6.07) is 0. The first-order chi connectivity index (χ1) is 8.76. The molecule has 0 aromatic carbocycles. The Morgan fingerprint density at radius 2 is 1.84 bits per heavy atom. The fourth-order valence-electron chi connectivity index (χ4n) is 2.16. The molecule has 0 saturated heterocycles. The lowest BCUT2D eigenvalue weighted by Gasteiger charge is -2.36. The van der Waals surface area contributed by atoms with Crippen molar-refractivity contribution in [2.45, 2.75) is 38.8 Å². The molecular formula is C12H18F3NO3. The van der Waals surface area contributed by atoms with Gasteiger partial charge in [0, 0.05) is 6.54 Å². The van der Waals surface area contributed by atoms with Gasteiger partial charge in [-0.1, -0.05) is 13.3 Å². The molecule has 0 spiro atoms. The van der Waals surface area contributed by atoms with Crippen LogP contribution >= 0.6 is 0 Å². The molecule has 19 heavy (non-hydrogen) atoms. The molecule has 1 N–H and O–H groups in total. The molecule has 1 saturated carbocycles. The Kier molecular flexibility index (Phi) is 5.20. The van der Waals surface area contributed by atoms with Crippen molar-refractivity contribution in [3.05, 3.63) is 0 Å². The number of carboxylic acids is 1. The van der Waals surface area contributed by atoms with Crippen LogP contribution in [0, 0.1) is 11.8 Å². The van der Waals surface area contributed by atoms with Crippen LogP contribution in [-0.2, 0) is 9.59 Å². The van der Waals surface area contributed by atoms with Crippen LogP contribution in [0.4, 0.5) is 13.2 Å². The van der Waals surface area contributed by atoms with Crippen molar-refractivity contribution in [2.24, 2.45) is 11.8 Å². The van der Waals surface area contributed by atoms with Crippen LogP contribution in [0.25, 0.3) is 0 Å². The highest BCUT2D eigenvalue weighted by Gasteiger charge is 2.44. The van der Waals surface area contributed by atoms with Gasteiger partial charge in [0.2, 0.25) is 5.91 Å². The minimum absolute atomic E-state index is 0.0255. The molecule has 0 heterocycles. The number of hydrogen-bond donors (Lipinski definition) is 1. The monoisotopic (exact) mass is 281 g/mol. The quantitative estimate of drug-likeness (QED) is 0.812. The van der Waals surface area contributed by atoms with E-state index < -0.39 is 36.4 Å².